The minimum atomic E-state index is -1.25. The van der Waals surface area contributed by atoms with E-state index in [2.05, 4.69) is 5.32 Å². The number of aliphatic hydroxyl groups excluding tert-OH is 2. The molecule has 1 rings (SSSR count). The van der Waals surface area contributed by atoms with Crippen LogP contribution in [-0.2, 0) is 4.74 Å². The van der Waals surface area contributed by atoms with E-state index in [9.17, 15) is 20.1 Å². The van der Waals surface area contributed by atoms with Crippen molar-refractivity contribution in [3.8, 4) is 11.5 Å². The first-order valence-electron chi connectivity index (χ1n) is 7.42. The van der Waals surface area contributed by atoms with Crippen molar-refractivity contribution in [3.05, 3.63) is 23.8 Å². The quantitative estimate of drug-likeness (QED) is 0.633. The largest absolute Gasteiger partial charge is 0.504 e. The number of aromatic hydroxyl groups is 1. The summed E-state index contributed by atoms with van der Waals surface area (Å²) in [4.78, 5) is 11.5. The number of ether oxygens (including phenoxy) is 2. The fourth-order valence-corrected chi connectivity index (χ4v) is 1.82. The van der Waals surface area contributed by atoms with Gasteiger partial charge in [0.1, 0.15) is 17.8 Å². The van der Waals surface area contributed by atoms with E-state index in [1.807, 2.05) is 0 Å². The molecule has 1 aromatic rings. The van der Waals surface area contributed by atoms with Gasteiger partial charge in [0.2, 0.25) is 0 Å². The standard InChI is InChI=1S/C16H25NO6/c1-5-22-13-8-10(6-7-11(13)18)14(20)12(19)9-17-15(21)23-16(2,3)4/h6-8,12,14,18-20H,5,9H2,1-4H3,(H,17,21). The fraction of sp³-hybridized carbons (Fsp3) is 0.562. The van der Waals surface area contributed by atoms with Crippen LogP contribution in [0.3, 0.4) is 0 Å². The zero-order chi connectivity index (χ0) is 17.6. The Labute approximate surface area is 135 Å². The highest BCUT2D eigenvalue weighted by atomic mass is 16.6. The Morgan fingerprint density at radius 3 is 2.52 bits per heavy atom. The van der Waals surface area contributed by atoms with Crippen molar-refractivity contribution in [2.45, 2.75) is 45.5 Å². The van der Waals surface area contributed by atoms with Crippen molar-refractivity contribution in [3.63, 3.8) is 0 Å². The number of carbonyl (C=O) groups is 1. The third kappa shape index (κ3) is 6.33. The normalized spacial score (nSPS) is 14.0. The van der Waals surface area contributed by atoms with Crippen LogP contribution in [0.25, 0.3) is 0 Å². The number of aliphatic hydroxyl groups is 2. The maximum absolute atomic E-state index is 11.5. The number of benzene rings is 1. The van der Waals surface area contributed by atoms with E-state index in [1.54, 1.807) is 27.7 Å². The number of carbonyl (C=O) groups excluding carboxylic acids is 1. The van der Waals surface area contributed by atoms with Crippen LogP contribution in [-0.4, -0.2) is 46.3 Å². The lowest BCUT2D eigenvalue weighted by molar-refractivity contribution is 0.0128. The van der Waals surface area contributed by atoms with Crippen LogP contribution >= 0.6 is 0 Å². The summed E-state index contributed by atoms with van der Waals surface area (Å²) in [5.41, 5.74) is -0.276. The van der Waals surface area contributed by atoms with E-state index in [0.29, 0.717) is 12.2 Å². The molecular weight excluding hydrogens is 302 g/mol. The molecule has 23 heavy (non-hydrogen) atoms. The lowest BCUT2D eigenvalue weighted by Crippen LogP contribution is -2.38. The molecule has 2 atom stereocenters. The van der Waals surface area contributed by atoms with Crippen molar-refractivity contribution in [1.82, 2.24) is 5.32 Å². The number of hydrogen-bond acceptors (Lipinski definition) is 6. The average molecular weight is 327 g/mol. The predicted molar refractivity (Wildman–Crippen MR) is 84.5 cm³/mol. The van der Waals surface area contributed by atoms with E-state index in [-0.39, 0.29) is 18.0 Å². The number of phenols is 1. The zero-order valence-corrected chi connectivity index (χ0v) is 13.9. The highest BCUT2D eigenvalue weighted by Crippen LogP contribution is 2.30. The van der Waals surface area contributed by atoms with Gasteiger partial charge in [-0.15, -0.1) is 0 Å². The van der Waals surface area contributed by atoms with Crippen molar-refractivity contribution in [2.24, 2.45) is 0 Å². The molecular formula is C16H25NO6. The summed E-state index contributed by atoms with van der Waals surface area (Å²) >= 11 is 0. The van der Waals surface area contributed by atoms with E-state index < -0.39 is 23.9 Å². The van der Waals surface area contributed by atoms with E-state index in [4.69, 9.17) is 9.47 Å². The molecule has 1 aromatic carbocycles. The average Bonchev–Trinajstić information content (AvgIpc) is 2.44. The van der Waals surface area contributed by atoms with Gasteiger partial charge in [-0.2, -0.15) is 0 Å². The minimum Gasteiger partial charge on any atom is -0.504 e. The molecule has 0 saturated heterocycles. The summed E-state index contributed by atoms with van der Waals surface area (Å²) in [5.74, 6) is 0.167. The molecule has 0 aliphatic rings. The molecule has 0 aliphatic heterocycles. The molecule has 0 bridgehead atoms. The molecule has 4 N–H and O–H groups in total. The van der Waals surface area contributed by atoms with Gasteiger partial charge in [0, 0.05) is 6.54 Å². The van der Waals surface area contributed by atoms with Gasteiger partial charge in [-0.25, -0.2) is 4.79 Å². The monoisotopic (exact) mass is 327 g/mol. The lowest BCUT2D eigenvalue weighted by Gasteiger charge is -2.22. The van der Waals surface area contributed by atoms with Crippen LogP contribution in [0.15, 0.2) is 18.2 Å². The number of hydrogen-bond donors (Lipinski definition) is 4. The predicted octanol–water partition coefficient (Wildman–Crippen LogP) is 1.71. The van der Waals surface area contributed by atoms with Gasteiger partial charge in [0.05, 0.1) is 6.61 Å². The van der Waals surface area contributed by atoms with E-state index in [1.165, 1.54) is 18.2 Å². The molecule has 7 heteroatoms. The molecule has 7 nitrogen and oxygen atoms in total. The van der Waals surface area contributed by atoms with Crippen LogP contribution in [0, 0.1) is 0 Å². The second-order valence-corrected chi connectivity index (χ2v) is 6.06. The van der Waals surface area contributed by atoms with Crippen molar-refractivity contribution >= 4 is 6.09 Å². The second-order valence-electron chi connectivity index (χ2n) is 6.06. The summed E-state index contributed by atoms with van der Waals surface area (Å²) < 4.78 is 10.3. The number of rotatable bonds is 6. The molecule has 0 saturated carbocycles. The van der Waals surface area contributed by atoms with Gasteiger partial charge in [-0.1, -0.05) is 6.07 Å². The molecule has 2 unspecified atom stereocenters. The lowest BCUT2D eigenvalue weighted by atomic mass is 10.0. The van der Waals surface area contributed by atoms with Crippen LogP contribution in [0.1, 0.15) is 39.4 Å². The van der Waals surface area contributed by atoms with Gasteiger partial charge in [0.15, 0.2) is 11.5 Å². The Morgan fingerprint density at radius 2 is 1.96 bits per heavy atom. The molecule has 0 aromatic heterocycles. The third-order valence-electron chi connectivity index (χ3n) is 2.84. The van der Waals surface area contributed by atoms with Gasteiger partial charge in [0.25, 0.3) is 0 Å². The van der Waals surface area contributed by atoms with Gasteiger partial charge in [-0.05, 0) is 45.4 Å². The van der Waals surface area contributed by atoms with Crippen LogP contribution in [0.5, 0.6) is 11.5 Å². The topological polar surface area (TPSA) is 108 Å². The molecule has 0 heterocycles. The summed E-state index contributed by atoms with van der Waals surface area (Å²) in [6, 6.07) is 4.29. The smallest absolute Gasteiger partial charge is 0.407 e. The molecule has 0 aliphatic carbocycles. The molecule has 1 amide bonds. The van der Waals surface area contributed by atoms with Gasteiger partial charge in [-0.3, -0.25) is 0 Å². The fourth-order valence-electron chi connectivity index (χ4n) is 1.82. The first-order chi connectivity index (χ1) is 10.6. The van der Waals surface area contributed by atoms with E-state index >= 15 is 0 Å². The summed E-state index contributed by atoms with van der Waals surface area (Å²) in [5, 5.41) is 32.1. The Morgan fingerprint density at radius 1 is 1.30 bits per heavy atom. The maximum atomic E-state index is 11.5. The minimum absolute atomic E-state index is 0.0517. The number of alkyl carbamates (subject to hydrolysis) is 1. The first kappa shape index (κ1) is 19.1. The number of phenolic OH excluding ortho intramolecular Hbond substituents is 1. The van der Waals surface area contributed by atoms with Crippen molar-refractivity contribution < 1.29 is 29.6 Å². The van der Waals surface area contributed by atoms with Gasteiger partial charge >= 0.3 is 6.09 Å². The SMILES string of the molecule is CCOc1cc(C(O)C(O)CNC(=O)OC(C)(C)C)ccc1O. The maximum Gasteiger partial charge on any atom is 0.407 e. The van der Waals surface area contributed by atoms with Crippen LogP contribution < -0.4 is 10.1 Å². The highest BCUT2D eigenvalue weighted by Gasteiger charge is 2.22. The summed E-state index contributed by atoms with van der Waals surface area (Å²) in [6.45, 7) is 7.12. The molecule has 0 radical (unpaired) electrons. The zero-order valence-electron chi connectivity index (χ0n) is 13.9. The second kappa shape index (κ2) is 8.03. The van der Waals surface area contributed by atoms with Crippen LogP contribution in [0.2, 0.25) is 0 Å². The first-order valence-corrected chi connectivity index (χ1v) is 7.42. The third-order valence-corrected chi connectivity index (χ3v) is 2.84. The highest BCUT2D eigenvalue weighted by molar-refractivity contribution is 5.67. The number of nitrogens with one attached hydrogen (secondary N) is 1. The van der Waals surface area contributed by atoms with Crippen molar-refractivity contribution in [1.29, 1.82) is 0 Å². The van der Waals surface area contributed by atoms with E-state index in [0.717, 1.165) is 0 Å². The molecule has 0 spiro atoms. The van der Waals surface area contributed by atoms with Crippen molar-refractivity contribution in [2.75, 3.05) is 13.2 Å². The van der Waals surface area contributed by atoms with Crippen LogP contribution in [0.4, 0.5) is 4.79 Å². The van der Waals surface area contributed by atoms with Gasteiger partial charge < -0.3 is 30.1 Å². The number of amides is 1. The Kier molecular flexibility index (Phi) is 6.65. The Bertz CT molecular complexity index is 526. The molecule has 130 valence electrons. The summed E-state index contributed by atoms with van der Waals surface area (Å²) in [6.07, 6.45) is -3.16. The summed E-state index contributed by atoms with van der Waals surface area (Å²) in [7, 11) is 0. The Hall–Kier alpha value is -1.99. The molecule has 0 fully saturated rings. The Balaban J connectivity index is 2.64.